The third-order valence-corrected chi connectivity index (χ3v) is 2.15. The normalized spacial score (nSPS) is 10.2. The van der Waals surface area contributed by atoms with Crippen LogP contribution in [0, 0.1) is 0 Å². The summed E-state index contributed by atoms with van der Waals surface area (Å²) in [6.07, 6.45) is 0. The van der Waals surface area contributed by atoms with Gasteiger partial charge < -0.3 is 5.32 Å². The Bertz CT molecular complexity index is 317. The van der Waals surface area contributed by atoms with Gasteiger partial charge in [-0.25, -0.2) is 0 Å². The van der Waals surface area contributed by atoms with E-state index in [9.17, 15) is 4.79 Å². The number of hydrogen-bond donors (Lipinski definition) is 2. The van der Waals surface area contributed by atoms with Gasteiger partial charge in [0.25, 0.3) is 5.91 Å². The molecule has 5 heteroatoms. The number of amides is 1. The molecule has 0 aromatic heterocycles. The molecule has 0 fully saturated rings. The van der Waals surface area contributed by atoms with Crippen molar-refractivity contribution in [3.8, 4) is 0 Å². The number of nitrogens with one attached hydrogen (secondary N) is 1. The van der Waals surface area contributed by atoms with Crippen LogP contribution in [0.15, 0.2) is 29.2 Å². The molecule has 0 saturated carbocycles. The van der Waals surface area contributed by atoms with Crippen LogP contribution in [0.4, 0.5) is 5.69 Å². The van der Waals surface area contributed by atoms with Gasteiger partial charge in [-0.1, -0.05) is 35.3 Å². The summed E-state index contributed by atoms with van der Waals surface area (Å²) in [4.78, 5) is 10.7. The highest BCUT2D eigenvalue weighted by Gasteiger charge is 2.11. The second-order valence-electron chi connectivity index (χ2n) is 2.31. The van der Waals surface area contributed by atoms with Crippen LogP contribution in [-0.2, 0) is 4.79 Å². The first-order chi connectivity index (χ1) is 6.11. The number of benzene rings is 1. The first-order valence-electron chi connectivity index (χ1n) is 3.48. The van der Waals surface area contributed by atoms with Crippen LogP contribution >= 0.6 is 35.8 Å². The molecule has 0 saturated heterocycles. The van der Waals surface area contributed by atoms with Gasteiger partial charge >= 0.3 is 0 Å². The Morgan fingerprint density at radius 3 is 2.54 bits per heavy atom. The van der Waals surface area contributed by atoms with Crippen LogP contribution in [-0.4, -0.2) is 10.7 Å². The van der Waals surface area contributed by atoms with E-state index in [4.69, 9.17) is 23.2 Å². The SMILES string of the molecule is O=C(Nc1ccccc1S)C(Cl)Cl. The minimum Gasteiger partial charge on any atom is -0.323 e. The van der Waals surface area contributed by atoms with Crippen LogP contribution in [0.5, 0.6) is 0 Å². The molecule has 0 aliphatic heterocycles. The maximum absolute atomic E-state index is 11.1. The van der Waals surface area contributed by atoms with Gasteiger partial charge in [0, 0.05) is 4.90 Å². The standard InChI is InChI=1S/C8H7Cl2NOS/c9-7(10)8(12)11-5-3-1-2-4-6(5)13/h1-4,7,13H,(H,11,12). The quantitative estimate of drug-likeness (QED) is 0.600. The molecule has 1 aromatic rings. The number of thiol groups is 1. The molecule has 1 aromatic carbocycles. The summed E-state index contributed by atoms with van der Waals surface area (Å²) in [7, 11) is 0. The van der Waals surface area contributed by atoms with Crippen molar-refractivity contribution in [3.63, 3.8) is 0 Å². The summed E-state index contributed by atoms with van der Waals surface area (Å²) in [6.45, 7) is 0. The summed E-state index contributed by atoms with van der Waals surface area (Å²) < 4.78 is 0. The van der Waals surface area contributed by atoms with E-state index in [1.165, 1.54) is 0 Å². The molecule has 1 rings (SSSR count). The Kier molecular flexibility index (Phi) is 3.90. The fourth-order valence-corrected chi connectivity index (χ4v) is 1.09. The number of alkyl halides is 2. The lowest BCUT2D eigenvalue weighted by Crippen LogP contribution is -2.18. The van der Waals surface area contributed by atoms with Crippen LogP contribution < -0.4 is 5.32 Å². The van der Waals surface area contributed by atoms with Gasteiger partial charge in [-0.3, -0.25) is 4.79 Å². The number of halogens is 2. The zero-order valence-corrected chi connectivity index (χ0v) is 8.90. The topological polar surface area (TPSA) is 29.1 Å². The summed E-state index contributed by atoms with van der Waals surface area (Å²) in [5.41, 5.74) is 0.599. The van der Waals surface area contributed by atoms with Crippen LogP contribution in [0.2, 0.25) is 0 Å². The molecule has 70 valence electrons. The van der Waals surface area contributed by atoms with Gasteiger partial charge in [-0.2, -0.15) is 0 Å². The van der Waals surface area contributed by atoms with E-state index in [1.807, 2.05) is 6.07 Å². The number of para-hydroxylation sites is 1. The highest BCUT2D eigenvalue weighted by Crippen LogP contribution is 2.19. The molecule has 0 unspecified atom stereocenters. The molecule has 0 radical (unpaired) electrons. The molecule has 0 aliphatic carbocycles. The lowest BCUT2D eigenvalue weighted by molar-refractivity contribution is -0.114. The van der Waals surface area contributed by atoms with Crippen molar-refractivity contribution in [2.75, 3.05) is 5.32 Å². The molecule has 0 spiro atoms. The highest BCUT2D eigenvalue weighted by atomic mass is 35.5. The lowest BCUT2D eigenvalue weighted by Gasteiger charge is -2.06. The van der Waals surface area contributed by atoms with E-state index in [2.05, 4.69) is 17.9 Å². The zero-order valence-electron chi connectivity index (χ0n) is 6.50. The fraction of sp³-hybridized carbons (Fsp3) is 0.125. The van der Waals surface area contributed by atoms with Crippen LogP contribution in [0.1, 0.15) is 0 Å². The lowest BCUT2D eigenvalue weighted by atomic mass is 10.3. The van der Waals surface area contributed by atoms with Crippen molar-refractivity contribution in [3.05, 3.63) is 24.3 Å². The monoisotopic (exact) mass is 235 g/mol. The first-order valence-corrected chi connectivity index (χ1v) is 4.80. The second kappa shape index (κ2) is 4.74. The average Bonchev–Trinajstić information content (AvgIpc) is 2.08. The molecule has 1 amide bonds. The summed E-state index contributed by atoms with van der Waals surface area (Å²) in [6, 6.07) is 7.08. The maximum Gasteiger partial charge on any atom is 0.257 e. The Balaban J connectivity index is 2.75. The Morgan fingerprint density at radius 1 is 1.38 bits per heavy atom. The molecule has 0 aliphatic rings. The van der Waals surface area contributed by atoms with Gasteiger partial charge in [0.15, 0.2) is 4.84 Å². The number of hydrogen-bond acceptors (Lipinski definition) is 2. The fourth-order valence-electron chi connectivity index (χ4n) is 0.767. The molecule has 0 bridgehead atoms. The first kappa shape index (κ1) is 10.7. The highest BCUT2D eigenvalue weighted by molar-refractivity contribution is 7.80. The Labute approximate surface area is 91.6 Å². The number of carbonyl (C=O) groups is 1. The van der Waals surface area contributed by atoms with Crippen molar-refractivity contribution in [1.82, 2.24) is 0 Å². The molecule has 0 atom stereocenters. The number of rotatable bonds is 2. The van der Waals surface area contributed by atoms with Crippen molar-refractivity contribution in [1.29, 1.82) is 0 Å². The van der Waals surface area contributed by atoms with Crippen molar-refractivity contribution in [2.45, 2.75) is 9.73 Å². The van der Waals surface area contributed by atoms with E-state index in [1.54, 1.807) is 18.2 Å². The van der Waals surface area contributed by atoms with Gasteiger partial charge in [-0.15, -0.1) is 12.6 Å². The minimum atomic E-state index is -1.06. The summed E-state index contributed by atoms with van der Waals surface area (Å²) in [5, 5.41) is 2.53. The third kappa shape index (κ3) is 3.10. The van der Waals surface area contributed by atoms with Gasteiger partial charge in [0.2, 0.25) is 0 Å². The Morgan fingerprint density at radius 2 is 2.00 bits per heavy atom. The smallest absolute Gasteiger partial charge is 0.257 e. The molecule has 13 heavy (non-hydrogen) atoms. The zero-order chi connectivity index (χ0) is 9.84. The molecule has 0 heterocycles. The van der Waals surface area contributed by atoms with E-state index in [0.717, 1.165) is 0 Å². The van der Waals surface area contributed by atoms with Crippen LogP contribution in [0.25, 0.3) is 0 Å². The largest absolute Gasteiger partial charge is 0.323 e. The van der Waals surface area contributed by atoms with E-state index < -0.39 is 10.7 Å². The van der Waals surface area contributed by atoms with Crippen molar-refractivity contribution >= 4 is 47.4 Å². The predicted octanol–water partition coefficient (Wildman–Crippen LogP) is 2.72. The number of anilines is 1. The minimum absolute atomic E-state index is 0.454. The number of carbonyl (C=O) groups excluding carboxylic acids is 1. The van der Waals surface area contributed by atoms with Crippen LogP contribution in [0.3, 0.4) is 0 Å². The van der Waals surface area contributed by atoms with Gasteiger partial charge in [0.1, 0.15) is 0 Å². The molecular weight excluding hydrogens is 229 g/mol. The van der Waals surface area contributed by atoms with Gasteiger partial charge in [-0.05, 0) is 12.1 Å². The van der Waals surface area contributed by atoms with E-state index >= 15 is 0 Å². The summed E-state index contributed by atoms with van der Waals surface area (Å²) >= 11 is 14.9. The van der Waals surface area contributed by atoms with E-state index in [-0.39, 0.29) is 0 Å². The predicted molar refractivity (Wildman–Crippen MR) is 57.8 cm³/mol. The maximum atomic E-state index is 11.1. The average molecular weight is 236 g/mol. The molecule has 1 N–H and O–H groups in total. The Hall–Kier alpha value is -0.380. The van der Waals surface area contributed by atoms with Crippen molar-refractivity contribution in [2.24, 2.45) is 0 Å². The molecular formula is C8H7Cl2NOS. The molecule has 2 nitrogen and oxygen atoms in total. The summed E-state index contributed by atoms with van der Waals surface area (Å²) in [5.74, 6) is -0.454. The van der Waals surface area contributed by atoms with Crippen molar-refractivity contribution < 1.29 is 4.79 Å². The van der Waals surface area contributed by atoms with Gasteiger partial charge in [0.05, 0.1) is 5.69 Å². The second-order valence-corrected chi connectivity index (χ2v) is 3.89. The third-order valence-electron chi connectivity index (χ3n) is 1.36. The van der Waals surface area contributed by atoms with E-state index in [0.29, 0.717) is 10.6 Å².